The minimum Gasteiger partial charge on any atom is -0.478 e. The third kappa shape index (κ3) is 3.34. The molecule has 1 N–H and O–H groups in total. The van der Waals surface area contributed by atoms with Crippen LogP contribution in [0.2, 0.25) is 0 Å². The fraction of sp³-hybridized carbons (Fsp3) is 0.294. The number of carbonyl (C=O) groups excluding carboxylic acids is 1. The molecule has 0 aliphatic carbocycles. The Kier molecular flexibility index (Phi) is 4.41. The van der Waals surface area contributed by atoms with Crippen molar-refractivity contribution in [3.05, 3.63) is 53.5 Å². The highest BCUT2D eigenvalue weighted by Gasteiger charge is 2.23. The van der Waals surface area contributed by atoms with E-state index in [1.54, 1.807) is 23.2 Å². The van der Waals surface area contributed by atoms with E-state index in [4.69, 9.17) is 5.11 Å². The summed E-state index contributed by atoms with van der Waals surface area (Å²) in [6.07, 6.45) is 1.73. The Labute approximate surface area is 139 Å². The molecule has 3 rings (SSSR count). The van der Waals surface area contributed by atoms with Crippen LogP contribution in [-0.2, 0) is 0 Å². The van der Waals surface area contributed by atoms with E-state index >= 15 is 0 Å². The van der Waals surface area contributed by atoms with Crippen molar-refractivity contribution < 1.29 is 14.7 Å². The zero-order valence-electron chi connectivity index (χ0n) is 13.3. The molecular formula is C17H18N4O3. The maximum absolute atomic E-state index is 12.6. The molecule has 7 nitrogen and oxygen atoms in total. The Morgan fingerprint density at radius 2 is 1.79 bits per heavy atom. The van der Waals surface area contributed by atoms with Gasteiger partial charge in [-0.15, -0.1) is 0 Å². The lowest BCUT2D eigenvalue weighted by molar-refractivity contribution is 0.0697. The lowest BCUT2D eigenvalue weighted by Crippen LogP contribution is -2.49. The second kappa shape index (κ2) is 6.66. The normalized spacial score (nSPS) is 14.5. The molecule has 0 atom stereocenters. The summed E-state index contributed by atoms with van der Waals surface area (Å²) in [5.41, 5.74) is 0.525. The summed E-state index contributed by atoms with van der Waals surface area (Å²) in [4.78, 5) is 35.9. The van der Waals surface area contributed by atoms with Gasteiger partial charge in [-0.05, 0) is 31.2 Å². The van der Waals surface area contributed by atoms with Gasteiger partial charge in [0.05, 0.1) is 5.56 Å². The fourth-order valence-electron chi connectivity index (χ4n) is 2.73. The van der Waals surface area contributed by atoms with Crippen LogP contribution in [0, 0.1) is 6.92 Å². The van der Waals surface area contributed by atoms with Crippen LogP contribution in [0.3, 0.4) is 0 Å². The molecule has 0 unspecified atom stereocenters. The molecule has 0 radical (unpaired) electrons. The monoisotopic (exact) mass is 326 g/mol. The standard InChI is InChI=1S/C17H18N4O3/c1-12-18-6-5-15(19-12)20-7-9-21(10-8-20)16(22)13-3-2-4-14(11-13)17(23)24/h2-6,11H,7-10H2,1H3,(H,23,24). The molecule has 24 heavy (non-hydrogen) atoms. The van der Waals surface area contributed by atoms with Crippen LogP contribution in [0.1, 0.15) is 26.5 Å². The lowest BCUT2D eigenvalue weighted by atomic mass is 10.1. The van der Waals surface area contributed by atoms with Gasteiger partial charge >= 0.3 is 5.97 Å². The van der Waals surface area contributed by atoms with Crippen LogP contribution < -0.4 is 4.90 Å². The summed E-state index contributed by atoms with van der Waals surface area (Å²) >= 11 is 0. The maximum Gasteiger partial charge on any atom is 0.335 e. The number of benzene rings is 1. The van der Waals surface area contributed by atoms with Gasteiger partial charge in [0.2, 0.25) is 0 Å². The van der Waals surface area contributed by atoms with Gasteiger partial charge in [0, 0.05) is 37.9 Å². The fourth-order valence-corrected chi connectivity index (χ4v) is 2.73. The number of carboxylic acids is 1. The number of nitrogens with zero attached hydrogens (tertiary/aromatic N) is 4. The molecule has 1 aliphatic rings. The molecule has 1 aromatic heterocycles. The van der Waals surface area contributed by atoms with Crippen LogP contribution >= 0.6 is 0 Å². The van der Waals surface area contributed by atoms with E-state index in [0.717, 1.165) is 11.6 Å². The van der Waals surface area contributed by atoms with Crippen molar-refractivity contribution in [1.29, 1.82) is 0 Å². The Morgan fingerprint density at radius 1 is 1.08 bits per heavy atom. The molecule has 0 saturated carbocycles. The van der Waals surface area contributed by atoms with Crippen molar-refractivity contribution in [1.82, 2.24) is 14.9 Å². The molecule has 2 aromatic rings. The topological polar surface area (TPSA) is 86.6 Å². The maximum atomic E-state index is 12.6. The number of hydrogen-bond acceptors (Lipinski definition) is 5. The predicted molar refractivity (Wildman–Crippen MR) is 88.3 cm³/mol. The van der Waals surface area contributed by atoms with E-state index in [-0.39, 0.29) is 11.5 Å². The summed E-state index contributed by atoms with van der Waals surface area (Å²) in [6, 6.07) is 8.01. The summed E-state index contributed by atoms with van der Waals surface area (Å²) < 4.78 is 0. The van der Waals surface area contributed by atoms with Gasteiger partial charge in [-0.2, -0.15) is 0 Å². The molecule has 1 saturated heterocycles. The van der Waals surface area contributed by atoms with Crippen molar-refractivity contribution in [2.75, 3.05) is 31.1 Å². The zero-order valence-corrected chi connectivity index (χ0v) is 13.3. The smallest absolute Gasteiger partial charge is 0.335 e. The summed E-state index contributed by atoms with van der Waals surface area (Å²) in [7, 11) is 0. The largest absolute Gasteiger partial charge is 0.478 e. The number of anilines is 1. The van der Waals surface area contributed by atoms with Gasteiger partial charge in [0.15, 0.2) is 0 Å². The number of carbonyl (C=O) groups is 2. The van der Waals surface area contributed by atoms with Gasteiger partial charge in [-0.1, -0.05) is 6.07 Å². The zero-order chi connectivity index (χ0) is 17.1. The van der Waals surface area contributed by atoms with Crippen molar-refractivity contribution in [3.63, 3.8) is 0 Å². The number of piperazine rings is 1. The third-order valence-electron chi connectivity index (χ3n) is 4.01. The summed E-state index contributed by atoms with van der Waals surface area (Å²) in [6.45, 7) is 4.35. The van der Waals surface area contributed by atoms with Gasteiger partial charge in [0.1, 0.15) is 11.6 Å². The molecule has 1 fully saturated rings. The molecule has 0 spiro atoms. The van der Waals surface area contributed by atoms with E-state index in [0.29, 0.717) is 31.7 Å². The Bertz CT molecular complexity index is 770. The molecule has 2 heterocycles. The third-order valence-corrected chi connectivity index (χ3v) is 4.01. The Balaban J connectivity index is 1.67. The molecular weight excluding hydrogens is 308 g/mol. The number of aromatic nitrogens is 2. The minimum atomic E-state index is -1.03. The number of hydrogen-bond donors (Lipinski definition) is 1. The van der Waals surface area contributed by atoms with E-state index in [9.17, 15) is 9.59 Å². The van der Waals surface area contributed by atoms with E-state index in [1.165, 1.54) is 12.1 Å². The molecule has 1 amide bonds. The second-order valence-corrected chi connectivity index (χ2v) is 5.63. The molecule has 1 aromatic carbocycles. The highest BCUT2D eigenvalue weighted by Crippen LogP contribution is 2.15. The minimum absolute atomic E-state index is 0.121. The Hall–Kier alpha value is -2.96. The number of carboxylic acid groups (broad SMARTS) is 1. The number of amides is 1. The summed E-state index contributed by atoms with van der Waals surface area (Å²) in [5.74, 6) is 0.407. The predicted octanol–water partition coefficient (Wildman–Crippen LogP) is 1.45. The van der Waals surface area contributed by atoms with Gasteiger partial charge in [-0.25, -0.2) is 14.8 Å². The highest BCUT2D eigenvalue weighted by atomic mass is 16.4. The van der Waals surface area contributed by atoms with E-state index in [2.05, 4.69) is 14.9 Å². The average Bonchev–Trinajstić information content (AvgIpc) is 2.61. The molecule has 124 valence electrons. The van der Waals surface area contributed by atoms with Gasteiger partial charge in [0.25, 0.3) is 5.91 Å². The van der Waals surface area contributed by atoms with Crippen LogP contribution in [0.5, 0.6) is 0 Å². The number of aryl methyl sites for hydroxylation is 1. The van der Waals surface area contributed by atoms with E-state index in [1.807, 2.05) is 13.0 Å². The first-order chi connectivity index (χ1) is 11.5. The average molecular weight is 326 g/mol. The van der Waals surface area contributed by atoms with Crippen molar-refractivity contribution in [2.24, 2.45) is 0 Å². The van der Waals surface area contributed by atoms with Crippen molar-refractivity contribution >= 4 is 17.7 Å². The van der Waals surface area contributed by atoms with Crippen LogP contribution in [-0.4, -0.2) is 58.0 Å². The first-order valence-electron chi connectivity index (χ1n) is 7.72. The number of aromatic carboxylic acids is 1. The van der Waals surface area contributed by atoms with Crippen LogP contribution in [0.15, 0.2) is 36.5 Å². The molecule has 7 heteroatoms. The van der Waals surface area contributed by atoms with Crippen molar-refractivity contribution in [2.45, 2.75) is 6.92 Å². The lowest BCUT2D eigenvalue weighted by Gasteiger charge is -2.35. The Morgan fingerprint density at radius 3 is 2.46 bits per heavy atom. The number of rotatable bonds is 3. The molecule has 0 bridgehead atoms. The SMILES string of the molecule is Cc1nccc(N2CCN(C(=O)c3cccc(C(=O)O)c3)CC2)n1. The second-order valence-electron chi connectivity index (χ2n) is 5.63. The van der Waals surface area contributed by atoms with Crippen molar-refractivity contribution in [3.8, 4) is 0 Å². The highest BCUT2D eigenvalue weighted by molar-refractivity contribution is 5.97. The molecule has 1 aliphatic heterocycles. The van der Waals surface area contributed by atoms with Gasteiger partial charge < -0.3 is 14.9 Å². The van der Waals surface area contributed by atoms with E-state index < -0.39 is 5.97 Å². The summed E-state index contributed by atoms with van der Waals surface area (Å²) in [5, 5.41) is 9.04. The van der Waals surface area contributed by atoms with Crippen LogP contribution in [0.4, 0.5) is 5.82 Å². The van der Waals surface area contributed by atoms with Crippen LogP contribution in [0.25, 0.3) is 0 Å². The van der Waals surface area contributed by atoms with Gasteiger partial charge in [-0.3, -0.25) is 4.79 Å². The first-order valence-corrected chi connectivity index (χ1v) is 7.72. The first kappa shape index (κ1) is 15.9. The quantitative estimate of drug-likeness (QED) is 0.918.